The van der Waals surface area contributed by atoms with Gasteiger partial charge < -0.3 is 10.2 Å². The van der Waals surface area contributed by atoms with Crippen molar-refractivity contribution in [3.05, 3.63) is 64.6 Å². The largest absolute Gasteiger partial charge is 0.352 e. The Kier molecular flexibility index (Phi) is 5.91. The predicted octanol–water partition coefficient (Wildman–Crippen LogP) is 3.18. The first-order valence-electron chi connectivity index (χ1n) is 10.8. The number of anilines is 1. The van der Waals surface area contributed by atoms with Crippen molar-refractivity contribution in [1.29, 1.82) is 5.26 Å². The summed E-state index contributed by atoms with van der Waals surface area (Å²) in [5.41, 5.74) is 4.98. The van der Waals surface area contributed by atoms with E-state index in [1.807, 2.05) is 32.0 Å². The number of nitrogens with one attached hydrogen (secondary N) is 1. The molecule has 0 radical (unpaired) electrons. The lowest BCUT2D eigenvalue weighted by Crippen LogP contribution is -2.36. The minimum Gasteiger partial charge on any atom is -0.352 e. The molecule has 2 aromatic heterocycles. The highest BCUT2D eigenvalue weighted by molar-refractivity contribution is 5.93. The number of carbonyl (C=O) groups excluding carboxylic acids is 1. The summed E-state index contributed by atoms with van der Waals surface area (Å²) < 4.78 is 1.77. The van der Waals surface area contributed by atoms with Crippen molar-refractivity contribution in [3.8, 4) is 11.8 Å². The van der Waals surface area contributed by atoms with E-state index in [1.54, 1.807) is 16.9 Å². The van der Waals surface area contributed by atoms with Crippen LogP contribution in [0, 0.1) is 24.2 Å². The van der Waals surface area contributed by atoms with Crippen LogP contribution in [0.25, 0.3) is 5.69 Å². The number of nitrogens with zero attached hydrogens (tertiary/aromatic N) is 6. The van der Waals surface area contributed by atoms with Crippen LogP contribution in [0.1, 0.15) is 53.6 Å². The second-order valence-electron chi connectivity index (χ2n) is 8.54. The first-order valence-corrected chi connectivity index (χ1v) is 10.8. The van der Waals surface area contributed by atoms with E-state index in [0.717, 1.165) is 36.7 Å². The molecule has 1 aliphatic rings. The van der Waals surface area contributed by atoms with Gasteiger partial charge in [-0.05, 0) is 55.5 Å². The van der Waals surface area contributed by atoms with Gasteiger partial charge in [0.15, 0.2) is 5.69 Å². The second-order valence-corrected chi connectivity index (χ2v) is 8.54. The fraction of sp³-hybridized carbons (Fsp3) is 0.375. The van der Waals surface area contributed by atoms with Gasteiger partial charge in [0.05, 0.1) is 16.9 Å². The number of nitriles is 1. The number of hydrogen-bond donors (Lipinski definition) is 1. The van der Waals surface area contributed by atoms with Crippen molar-refractivity contribution < 1.29 is 4.79 Å². The highest BCUT2D eigenvalue weighted by atomic mass is 16.2. The Morgan fingerprint density at radius 3 is 2.72 bits per heavy atom. The Morgan fingerprint density at radius 2 is 2.03 bits per heavy atom. The van der Waals surface area contributed by atoms with Crippen LogP contribution < -0.4 is 10.2 Å². The van der Waals surface area contributed by atoms with Gasteiger partial charge in [0.25, 0.3) is 5.91 Å². The molecule has 1 unspecified atom stereocenters. The molecule has 1 aliphatic heterocycles. The summed E-state index contributed by atoms with van der Waals surface area (Å²) in [6, 6.07) is 12.0. The molecule has 0 fully saturated rings. The molecule has 0 spiro atoms. The number of hydrogen-bond acceptors (Lipinski definition) is 6. The van der Waals surface area contributed by atoms with Crippen molar-refractivity contribution in [1.82, 2.24) is 25.3 Å². The van der Waals surface area contributed by atoms with E-state index < -0.39 is 0 Å². The van der Waals surface area contributed by atoms with Crippen molar-refractivity contribution in [2.24, 2.45) is 5.92 Å². The monoisotopic (exact) mass is 429 g/mol. The number of rotatable bonds is 5. The Morgan fingerprint density at radius 1 is 1.22 bits per heavy atom. The van der Waals surface area contributed by atoms with Gasteiger partial charge in [0, 0.05) is 25.3 Å². The Bertz CT molecular complexity index is 1170. The Balaban J connectivity index is 1.59. The van der Waals surface area contributed by atoms with Crippen molar-refractivity contribution in [3.63, 3.8) is 0 Å². The maximum atomic E-state index is 12.7. The van der Waals surface area contributed by atoms with Crippen molar-refractivity contribution in [2.45, 2.75) is 46.7 Å². The van der Waals surface area contributed by atoms with Crippen LogP contribution in [-0.4, -0.2) is 38.5 Å². The van der Waals surface area contributed by atoms with Crippen LogP contribution in [0.4, 0.5) is 5.82 Å². The molecule has 3 aromatic rings. The highest BCUT2D eigenvalue weighted by Crippen LogP contribution is 2.28. The number of carbonyl (C=O) groups is 1. The standard InChI is InChI=1S/C24H27N7O/c1-15(2)16(3)27-24(32)23-17(4)31(29-28-23)21-7-5-6-19-14-30(11-10-20(19)21)22-9-8-18(12-25)13-26-22/h5-9,13,15-16H,10-11,14H2,1-4H3,(H,27,32). The third kappa shape index (κ3) is 4.06. The number of fused-ring (bicyclic) bond motifs is 1. The lowest BCUT2D eigenvalue weighted by Gasteiger charge is -2.31. The van der Waals surface area contributed by atoms with Gasteiger partial charge in [0.2, 0.25) is 0 Å². The fourth-order valence-electron chi connectivity index (χ4n) is 3.83. The van der Waals surface area contributed by atoms with Gasteiger partial charge in [-0.1, -0.05) is 31.2 Å². The van der Waals surface area contributed by atoms with Gasteiger partial charge in [-0.2, -0.15) is 5.26 Å². The molecule has 1 atom stereocenters. The predicted molar refractivity (Wildman–Crippen MR) is 122 cm³/mol. The SMILES string of the molecule is Cc1c(C(=O)NC(C)C(C)C)nnn1-c1cccc2c1CCN(c1ccc(C#N)cn1)C2. The quantitative estimate of drug-likeness (QED) is 0.669. The molecule has 1 aromatic carbocycles. The molecule has 0 aliphatic carbocycles. The van der Waals surface area contributed by atoms with Crippen molar-refractivity contribution >= 4 is 11.7 Å². The number of amides is 1. The molecular weight excluding hydrogens is 402 g/mol. The first kappa shape index (κ1) is 21.5. The summed E-state index contributed by atoms with van der Waals surface area (Å²) in [5, 5.41) is 20.5. The zero-order valence-electron chi connectivity index (χ0n) is 18.8. The minimum atomic E-state index is -0.196. The number of aromatic nitrogens is 4. The van der Waals surface area contributed by atoms with Gasteiger partial charge >= 0.3 is 0 Å². The average molecular weight is 430 g/mol. The lowest BCUT2D eigenvalue weighted by atomic mass is 9.97. The normalized spacial score (nSPS) is 14.1. The summed E-state index contributed by atoms with van der Waals surface area (Å²) in [6.07, 6.45) is 2.42. The minimum absolute atomic E-state index is 0.0540. The smallest absolute Gasteiger partial charge is 0.273 e. The van der Waals surface area contributed by atoms with Crippen LogP contribution in [-0.2, 0) is 13.0 Å². The lowest BCUT2D eigenvalue weighted by molar-refractivity contribution is 0.0924. The van der Waals surface area contributed by atoms with E-state index in [-0.39, 0.29) is 11.9 Å². The zero-order chi connectivity index (χ0) is 22.8. The third-order valence-corrected chi connectivity index (χ3v) is 6.14. The van der Waals surface area contributed by atoms with Crippen molar-refractivity contribution in [2.75, 3.05) is 11.4 Å². The Labute approximate surface area is 187 Å². The summed E-state index contributed by atoms with van der Waals surface area (Å²) >= 11 is 0. The molecule has 32 heavy (non-hydrogen) atoms. The summed E-state index contributed by atoms with van der Waals surface area (Å²) in [7, 11) is 0. The summed E-state index contributed by atoms with van der Waals surface area (Å²) in [4.78, 5) is 19.3. The van der Waals surface area contributed by atoms with Gasteiger partial charge in [-0.3, -0.25) is 4.79 Å². The molecule has 4 rings (SSSR count). The van der Waals surface area contributed by atoms with E-state index in [4.69, 9.17) is 5.26 Å². The molecular formula is C24H27N7O. The van der Waals surface area contributed by atoms with Crippen LogP contribution >= 0.6 is 0 Å². The van der Waals surface area contributed by atoms with E-state index in [0.29, 0.717) is 17.2 Å². The Hall–Kier alpha value is -3.73. The second kappa shape index (κ2) is 8.79. The number of benzene rings is 1. The molecule has 164 valence electrons. The summed E-state index contributed by atoms with van der Waals surface area (Å²) in [6.45, 7) is 9.53. The van der Waals surface area contributed by atoms with E-state index >= 15 is 0 Å². The van der Waals surface area contributed by atoms with E-state index in [1.165, 1.54) is 11.1 Å². The zero-order valence-corrected chi connectivity index (χ0v) is 18.8. The molecule has 8 nitrogen and oxygen atoms in total. The van der Waals surface area contributed by atoms with Gasteiger partial charge in [-0.15, -0.1) is 5.10 Å². The molecule has 8 heteroatoms. The van der Waals surface area contributed by atoms with Gasteiger partial charge in [0.1, 0.15) is 11.9 Å². The topological polar surface area (TPSA) is 99.7 Å². The van der Waals surface area contributed by atoms with E-state index in [2.05, 4.69) is 51.5 Å². The molecule has 1 amide bonds. The highest BCUT2D eigenvalue weighted by Gasteiger charge is 2.24. The van der Waals surface area contributed by atoms with Crippen LogP contribution in [0.3, 0.4) is 0 Å². The van der Waals surface area contributed by atoms with Crippen LogP contribution in [0.15, 0.2) is 36.5 Å². The number of pyridine rings is 1. The van der Waals surface area contributed by atoms with E-state index in [9.17, 15) is 4.79 Å². The summed E-state index contributed by atoms with van der Waals surface area (Å²) in [5.74, 6) is 0.997. The fourth-order valence-corrected chi connectivity index (χ4v) is 3.83. The first-order chi connectivity index (χ1) is 15.4. The molecule has 0 saturated heterocycles. The van der Waals surface area contributed by atoms with Crippen LogP contribution in [0.5, 0.6) is 0 Å². The molecule has 3 heterocycles. The van der Waals surface area contributed by atoms with Gasteiger partial charge in [-0.25, -0.2) is 9.67 Å². The maximum absolute atomic E-state index is 12.7. The maximum Gasteiger partial charge on any atom is 0.273 e. The molecule has 1 N–H and O–H groups in total. The third-order valence-electron chi connectivity index (χ3n) is 6.14. The molecule has 0 saturated carbocycles. The average Bonchev–Trinajstić information content (AvgIpc) is 3.19. The van der Waals surface area contributed by atoms with Crippen LogP contribution in [0.2, 0.25) is 0 Å². The molecule has 0 bridgehead atoms.